The molecule has 9 nitrogen and oxygen atoms in total. The van der Waals surface area contributed by atoms with Gasteiger partial charge in [-0.05, 0) is 46.5 Å². The minimum absolute atomic E-state index is 0.0474. The van der Waals surface area contributed by atoms with Crippen molar-refractivity contribution in [3.8, 4) is 22.5 Å². The SMILES string of the molecule is O=C(NC(Cc1ccc(-c2ccc([N+](=O)[O-])cc2)o1)C(=O)O)OCC1c2ccccc2-c2ccccc21. The molecule has 1 aliphatic rings. The predicted molar refractivity (Wildman–Crippen MR) is 134 cm³/mol. The topological polar surface area (TPSA) is 132 Å². The predicted octanol–water partition coefficient (Wildman–Crippen LogP) is 5.39. The van der Waals surface area contributed by atoms with Gasteiger partial charge in [0.1, 0.15) is 24.2 Å². The monoisotopic (exact) mass is 498 g/mol. The van der Waals surface area contributed by atoms with Crippen LogP contribution >= 0.6 is 0 Å². The Bertz CT molecular complexity index is 1430. The number of carbonyl (C=O) groups is 2. The molecule has 0 aliphatic heterocycles. The van der Waals surface area contributed by atoms with E-state index in [-0.39, 0.29) is 24.6 Å². The van der Waals surface area contributed by atoms with Gasteiger partial charge in [-0.2, -0.15) is 0 Å². The minimum atomic E-state index is -1.27. The van der Waals surface area contributed by atoms with Crippen LogP contribution in [0.15, 0.2) is 89.3 Å². The van der Waals surface area contributed by atoms with Gasteiger partial charge in [-0.1, -0.05) is 48.5 Å². The summed E-state index contributed by atoms with van der Waals surface area (Å²) >= 11 is 0. The number of carbonyl (C=O) groups excluding carboxylic acids is 1. The molecule has 0 saturated heterocycles. The first-order valence-corrected chi connectivity index (χ1v) is 11.6. The molecule has 0 saturated carbocycles. The third-order valence-electron chi connectivity index (χ3n) is 6.36. The highest BCUT2D eigenvalue weighted by molar-refractivity contribution is 5.81. The van der Waals surface area contributed by atoms with Crippen LogP contribution < -0.4 is 5.32 Å². The van der Waals surface area contributed by atoms with E-state index in [1.807, 2.05) is 48.5 Å². The molecule has 186 valence electrons. The molecule has 1 unspecified atom stereocenters. The van der Waals surface area contributed by atoms with Crippen LogP contribution in [0.25, 0.3) is 22.5 Å². The summed E-state index contributed by atoms with van der Waals surface area (Å²) in [6, 6.07) is 23.6. The third-order valence-corrected chi connectivity index (χ3v) is 6.36. The molecular weight excluding hydrogens is 476 g/mol. The highest BCUT2D eigenvalue weighted by Gasteiger charge is 2.30. The molecule has 37 heavy (non-hydrogen) atoms. The second kappa shape index (κ2) is 9.98. The summed E-state index contributed by atoms with van der Waals surface area (Å²) in [5, 5.41) is 22.9. The molecule has 3 aromatic carbocycles. The van der Waals surface area contributed by atoms with Crippen LogP contribution in [0.1, 0.15) is 22.8 Å². The van der Waals surface area contributed by atoms with Crippen LogP contribution in [-0.2, 0) is 16.0 Å². The quantitative estimate of drug-likeness (QED) is 0.246. The Balaban J connectivity index is 1.23. The zero-order valence-electron chi connectivity index (χ0n) is 19.5. The first-order valence-electron chi connectivity index (χ1n) is 11.6. The zero-order valence-corrected chi connectivity index (χ0v) is 19.5. The molecule has 9 heteroatoms. The number of benzene rings is 3. The highest BCUT2D eigenvalue weighted by atomic mass is 16.6. The molecule has 0 bridgehead atoms. The molecule has 4 aromatic rings. The lowest BCUT2D eigenvalue weighted by atomic mass is 9.98. The average Bonchev–Trinajstić information content (AvgIpc) is 3.50. The van der Waals surface area contributed by atoms with Crippen LogP contribution in [0, 0.1) is 10.1 Å². The molecule has 1 amide bonds. The number of fused-ring (bicyclic) bond motifs is 3. The molecule has 1 aliphatic carbocycles. The number of amides is 1. The molecule has 0 fully saturated rings. The van der Waals surface area contributed by atoms with E-state index in [9.17, 15) is 24.8 Å². The van der Waals surface area contributed by atoms with E-state index in [0.717, 1.165) is 22.3 Å². The van der Waals surface area contributed by atoms with Crippen LogP contribution in [0.5, 0.6) is 0 Å². The lowest BCUT2D eigenvalue weighted by Gasteiger charge is -2.17. The fourth-order valence-electron chi connectivity index (χ4n) is 4.57. The van der Waals surface area contributed by atoms with E-state index >= 15 is 0 Å². The van der Waals surface area contributed by atoms with Crippen molar-refractivity contribution in [1.82, 2.24) is 5.32 Å². The second-order valence-corrected chi connectivity index (χ2v) is 8.63. The Hall–Kier alpha value is -4.92. The molecule has 0 spiro atoms. The van der Waals surface area contributed by atoms with Crippen molar-refractivity contribution in [2.45, 2.75) is 18.4 Å². The van der Waals surface area contributed by atoms with Crippen molar-refractivity contribution in [2.24, 2.45) is 0 Å². The van der Waals surface area contributed by atoms with Crippen molar-refractivity contribution in [1.29, 1.82) is 0 Å². The molecule has 2 N–H and O–H groups in total. The maximum atomic E-state index is 12.6. The number of carboxylic acid groups (broad SMARTS) is 1. The standard InChI is InChI=1S/C28H22N2O7/c31-27(32)25(15-19-13-14-26(37-19)17-9-11-18(12-10-17)30(34)35)29-28(33)36-16-24-22-7-3-1-5-20(22)21-6-2-4-8-23(21)24/h1-14,24-25H,15-16H2,(H,29,33)(H,31,32). The van der Waals surface area contributed by atoms with E-state index in [4.69, 9.17) is 9.15 Å². The van der Waals surface area contributed by atoms with Gasteiger partial charge in [0.25, 0.3) is 5.69 Å². The van der Waals surface area contributed by atoms with Crippen molar-refractivity contribution in [3.05, 3.63) is 112 Å². The van der Waals surface area contributed by atoms with Gasteiger partial charge in [0.2, 0.25) is 0 Å². The summed E-state index contributed by atoms with van der Waals surface area (Å²) in [6.07, 6.45) is -0.941. The number of aliphatic carboxylic acids is 1. The molecule has 5 rings (SSSR count). The van der Waals surface area contributed by atoms with Crippen LogP contribution in [0.3, 0.4) is 0 Å². The van der Waals surface area contributed by atoms with Crippen molar-refractivity contribution < 1.29 is 28.8 Å². The molecule has 1 aromatic heterocycles. The van der Waals surface area contributed by atoms with Gasteiger partial charge in [-0.25, -0.2) is 9.59 Å². The van der Waals surface area contributed by atoms with Gasteiger partial charge < -0.3 is 19.6 Å². The Kier molecular flexibility index (Phi) is 6.42. The number of furan rings is 1. The average molecular weight is 498 g/mol. The number of alkyl carbamates (subject to hydrolysis) is 1. The van der Waals surface area contributed by atoms with Crippen molar-refractivity contribution in [2.75, 3.05) is 6.61 Å². The van der Waals surface area contributed by atoms with Crippen LogP contribution in [-0.4, -0.2) is 34.7 Å². The van der Waals surface area contributed by atoms with E-state index in [1.54, 1.807) is 24.3 Å². The minimum Gasteiger partial charge on any atom is -0.480 e. The van der Waals surface area contributed by atoms with Crippen molar-refractivity contribution >= 4 is 17.7 Å². The summed E-state index contributed by atoms with van der Waals surface area (Å²) in [4.78, 5) is 34.7. The Labute approximate surface area is 211 Å². The van der Waals surface area contributed by atoms with Gasteiger partial charge in [-0.3, -0.25) is 10.1 Å². The van der Waals surface area contributed by atoms with Crippen LogP contribution in [0.2, 0.25) is 0 Å². The molecule has 0 radical (unpaired) electrons. The number of non-ortho nitro benzene ring substituents is 1. The van der Waals surface area contributed by atoms with E-state index in [0.29, 0.717) is 17.1 Å². The largest absolute Gasteiger partial charge is 0.480 e. The number of nitro benzene ring substituents is 1. The molecular formula is C28H22N2O7. The Morgan fingerprint density at radius 2 is 1.57 bits per heavy atom. The summed E-state index contributed by atoms with van der Waals surface area (Å²) < 4.78 is 11.2. The second-order valence-electron chi connectivity index (χ2n) is 8.63. The Morgan fingerprint density at radius 3 is 2.16 bits per heavy atom. The number of nitro groups is 1. The fourth-order valence-corrected chi connectivity index (χ4v) is 4.57. The van der Waals surface area contributed by atoms with Gasteiger partial charge in [0.05, 0.1) is 4.92 Å². The summed E-state index contributed by atoms with van der Waals surface area (Å²) in [7, 11) is 0. The lowest BCUT2D eigenvalue weighted by Crippen LogP contribution is -2.42. The number of hydrogen-bond acceptors (Lipinski definition) is 6. The highest BCUT2D eigenvalue weighted by Crippen LogP contribution is 2.44. The molecule has 1 heterocycles. The lowest BCUT2D eigenvalue weighted by molar-refractivity contribution is -0.384. The normalized spacial score (nSPS) is 12.9. The Morgan fingerprint density at radius 1 is 0.946 bits per heavy atom. The number of hydrogen-bond donors (Lipinski definition) is 2. The first kappa shape index (κ1) is 23.8. The first-order chi connectivity index (χ1) is 17.9. The fraction of sp³-hybridized carbons (Fsp3) is 0.143. The third kappa shape index (κ3) is 4.92. The number of nitrogens with zero attached hydrogens (tertiary/aromatic N) is 1. The number of ether oxygens (including phenoxy) is 1. The van der Waals surface area contributed by atoms with Gasteiger partial charge in [0.15, 0.2) is 0 Å². The zero-order chi connectivity index (χ0) is 25.9. The smallest absolute Gasteiger partial charge is 0.407 e. The maximum Gasteiger partial charge on any atom is 0.407 e. The number of rotatable bonds is 8. The summed E-state index contributed by atoms with van der Waals surface area (Å²) in [5.74, 6) is -0.618. The van der Waals surface area contributed by atoms with E-state index in [2.05, 4.69) is 5.32 Å². The van der Waals surface area contributed by atoms with Crippen molar-refractivity contribution in [3.63, 3.8) is 0 Å². The molecule has 1 atom stereocenters. The van der Waals surface area contributed by atoms with Gasteiger partial charge >= 0.3 is 12.1 Å². The number of carboxylic acids is 1. The summed E-state index contributed by atoms with van der Waals surface area (Å²) in [5.41, 5.74) is 4.86. The van der Waals surface area contributed by atoms with E-state index in [1.165, 1.54) is 12.1 Å². The van der Waals surface area contributed by atoms with Gasteiger partial charge in [-0.15, -0.1) is 0 Å². The summed E-state index contributed by atoms with van der Waals surface area (Å²) in [6.45, 7) is 0.0667. The van der Waals surface area contributed by atoms with Crippen LogP contribution in [0.4, 0.5) is 10.5 Å². The maximum absolute atomic E-state index is 12.6. The van der Waals surface area contributed by atoms with E-state index < -0.39 is 23.0 Å². The number of nitrogens with one attached hydrogen (secondary N) is 1. The van der Waals surface area contributed by atoms with Gasteiger partial charge in [0, 0.05) is 30.0 Å².